The lowest BCUT2D eigenvalue weighted by Gasteiger charge is -2.49. The molecule has 148 valence electrons. The molecule has 3 aliphatic rings. The Bertz CT molecular complexity index is 650. The number of anilines is 1. The summed E-state index contributed by atoms with van der Waals surface area (Å²) in [5.74, 6) is 0.806. The Kier molecular flexibility index (Phi) is 5.67. The minimum Gasteiger partial charge on any atom is -0.446 e. The molecule has 5 heteroatoms. The number of rotatable bonds is 5. The molecule has 1 N–H and O–H groups in total. The van der Waals surface area contributed by atoms with Gasteiger partial charge in [0.1, 0.15) is 11.9 Å². The predicted octanol–water partition coefficient (Wildman–Crippen LogP) is 5.20. The van der Waals surface area contributed by atoms with Crippen LogP contribution in [0.2, 0.25) is 0 Å². The molecule has 27 heavy (non-hydrogen) atoms. The van der Waals surface area contributed by atoms with Crippen molar-refractivity contribution in [2.45, 2.75) is 76.5 Å². The highest BCUT2D eigenvalue weighted by molar-refractivity contribution is 5.84. The van der Waals surface area contributed by atoms with E-state index in [-0.39, 0.29) is 11.9 Å². The fourth-order valence-corrected chi connectivity index (χ4v) is 5.68. The Morgan fingerprint density at radius 3 is 2.85 bits per heavy atom. The van der Waals surface area contributed by atoms with Crippen LogP contribution in [0.3, 0.4) is 0 Å². The molecule has 0 unspecified atom stereocenters. The number of fused-ring (bicyclic) bond motifs is 4. The maximum absolute atomic E-state index is 13.0. The van der Waals surface area contributed by atoms with Gasteiger partial charge in [-0.15, -0.1) is 0 Å². The molecule has 1 aromatic carbocycles. The highest BCUT2D eigenvalue weighted by Crippen LogP contribution is 2.49. The molecule has 2 aliphatic heterocycles. The summed E-state index contributed by atoms with van der Waals surface area (Å²) in [4.78, 5) is 15.2. The number of nitrogens with one attached hydrogen (secondary N) is 1. The number of carbonyl (C=O) groups is 1. The maximum atomic E-state index is 13.0. The van der Waals surface area contributed by atoms with E-state index < -0.39 is 6.09 Å². The molecule has 5 atom stereocenters. The molecule has 4 rings (SSSR count). The molecular weight excluding hydrogens is 343 g/mol. The van der Waals surface area contributed by atoms with Crippen LogP contribution in [0.5, 0.6) is 0 Å². The summed E-state index contributed by atoms with van der Waals surface area (Å²) < 4.78 is 18.9. The van der Waals surface area contributed by atoms with Gasteiger partial charge in [0.05, 0.1) is 0 Å². The lowest BCUT2D eigenvalue weighted by Crippen LogP contribution is -2.55. The number of benzene rings is 1. The molecule has 2 saturated heterocycles. The van der Waals surface area contributed by atoms with Gasteiger partial charge in [-0.25, -0.2) is 9.18 Å². The first-order chi connectivity index (χ1) is 13.2. The van der Waals surface area contributed by atoms with Crippen LogP contribution in [0.4, 0.5) is 14.9 Å². The normalized spacial score (nSPS) is 32.7. The standard InChI is InChI=1S/C22H31FN2O2/c1-2-3-6-19-15-13-18(20-7-4-5-12-25(19)20)21(14-15)27-22(26)24-17-10-8-16(23)9-11-17/h8-11,15,18-21H,2-7,12-14H2,1H3,(H,24,26)/t15-,18-,19+,20-,21-/m1/s1. The Labute approximate surface area is 161 Å². The second-order valence-corrected chi connectivity index (χ2v) is 8.48. The van der Waals surface area contributed by atoms with Crippen molar-refractivity contribution in [3.05, 3.63) is 30.1 Å². The van der Waals surface area contributed by atoms with Crippen LogP contribution in [-0.4, -0.2) is 35.7 Å². The third-order valence-corrected chi connectivity index (χ3v) is 6.85. The van der Waals surface area contributed by atoms with Gasteiger partial charge < -0.3 is 4.74 Å². The molecule has 0 spiro atoms. The molecule has 2 bridgehead atoms. The van der Waals surface area contributed by atoms with Gasteiger partial charge in [0.25, 0.3) is 0 Å². The third kappa shape index (κ3) is 3.98. The zero-order valence-electron chi connectivity index (χ0n) is 16.2. The quantitative estimate of drug-likeness (QED) is 0.770. The summed E-state index contributed by atoms with van der Waals surface area (Å²) in [6, 6.07) is 7.05. The monoisotopic (exact) mass is 374 g/mol. The summed E-state index contributed by atoms with van der Waals surface area (Å²) in [5.41, 5.74) is 0.572. The van der Waals surface area contributed by atoms with Gasteiger partial charge in [0, 0.05) is 23.7 Å². The molecule has 0 aromatic heterocycles. The van der Waals surface area contributed by atoms with E-state index in [1.807, 2.05) is 0 Å². The number of halogens is 1. The average molecular weight is 374 g/mol. The summed E-state index contributed by atoms with van der Waals surface area (Å²) in [5, 5.41) is 2.75. The van der Waals surface area contributed by atoms with Gasteiger partial charge >= 0.3 is 6.09 Å². The Morgan fingerprint density at radius 1 is 1.26 bits per heavy atom. The number of nitrogens with zero attached hydrogens (tertiary/aromatic N) is 1. The molecule has 1 aliphatic carbocycles. The number of hydrogen-bond acceptors (Lipinski definition) is 3. The van der Waals surface area contributed by atoms with E-state index in [9.17, 15) is 9.18 Å². The zero-order valence-corrected chi connectivity index (χ0v) is 16.2. The number of piperidine rings is 2. The first-order valence-electron chi connectivity index (χ1n) is 10.6. The average Bonchev–Trinajstić information content (AvgIpc) is 3.03. The largest absolute Gasteiger partial charge is 0.446 e. The molecule has 4 nitrogen and oxygen atoms in total. The summed E-state index contributed by atoms with van der Waals surface area (Å²) in [7, 11) is 0. The summed E-state index contributed by atoms with van der Waals surface area (Å²) >= 11 is 0. The molecule has 1 saturated carbocycles. The Balaban J connectivity index is 1.42. The van der Waals surface area contributed by atoms with Gasteiger partial charge in [-0.05, 0) is 68.8 Å². The van der Waals surface area contributed by atoms with Gasteiger partial charge in [-0.1, -0.05) is 26.2 Å². The van der Waals surface area contributed by atoms with E-state index in [0.29, 0.717) is 29.6 Å². The topological polar surface area (TPSA) is 41.6 Å². The Hall–Kier alpha value is -1.62. The number of amides is 1. The molecule has 1 aromatic rings. The van der Waals surface area contributed by atoms with Crippen LogP contribution in [0, 0.1) is 17.7 Å². The van der Waals surface area contributed by atoms with Crippen LogP contribution in [-0.2, 0) is 4.74 Å². The minimum atomic E-state index is -0.411. The van der Waals surface area contributed by atoms with Gasteiger partial charge in [0.15, 0.2) is 0 Å². The van der Waals surface area contributed by atoms with Crippen molar-refractivity contribution in [3.63, 3.8) is 0 Å². The van der Waals surface area contributed by atoms with Crippen LogP contribution < -0.4 is 5.32 Å². The van der Waals surface area contributed by atoms with E-state index in [2.05, 4.69) is 17.1 Å². The van der Waals surface area contributed by atoms with Gasteiger partial charge in [0.2, 0.25) is 0 Å². The van der Waals surface area contributed by atoms with Crippen LogP contribution >= 0.6 is 0 Å². The minimum absolute atomic E-state index is 0.00711. The van der Waals surface area contributed by atoms with Gasteiger partial charge in [-0.3, -0.25) is 10.2 Å². The SMILES string of the molecule is CCCC[C@H]1[C@@H]2C[C@H]([C@H]3CCCCN31)[C@H](OC(=O)Nc1ccc(F)cc1)C2. The summed E-state index contributed by atoms with van der Waals surface area (Å²) in [6.45, 7) is 3.47. The van der Waals surface area contributed by atoms with Crippen molar-refractivity contribution < 1.29 is 13.9 Å². The van der Waals surface area contributed by atoms with E-state index in [1.165, 1.54) is 63.6 Å². The highest BCUT2D eigenvalue weighted by atomic mass is 19.1. The second kappa shape index (κ2) is 8.17. The van der Waals surface area contributed by atoms with Crippen molar-refractivity contribution in [3.8, 4) is 0 Å². The summed E-state index contributed by atoms with van der Waals surface area (Å²) in [6.07, 6.45) is 9.41. The maximum Gasteiger partial charge on any atom is 0.411 e. The first kappa shape index (κ1) is 18.7. The van der Waals surface area contributed by atoms with Crippen molar-refractivity contribution in [2.24, 2.45) is 11.8 Å². The second-order valence-electron chi connectivity index (χ2n) is 8.48. The third-order valence-electron chi connectivity index (χ3n) is 6.85. The molecular formula is C22H31FN2O2. The fraction of sp³-hybridized carbons (Fsp3) is 0.682. The first-order valence-corrected chi connectivity index (χ1v) is 10.6. The lowest BCUT2D eigenvalue weighted by molar-refractivity contribution is -0.0177. The van der Waals surface area contributed by atoms with Crippen LogP contribution in [0.15, 0.2) is 24.3 Å². The molecule has 2 heterocycles. The van der Waals surface area contributed by atoms with Gasteiger partial charge in [-0.2, -0.15) is 0 Å². The number of ether oxygens (including phenoxy) is 1. The van der Waals surface area contributed by atoms with Crippen molar-refractivity contribution in [1.82, 2.24) is 4.90 Å². The van der Waals surface area contributed by atoms with Crippen LogP contribution in [0.25, 0.3) is 0 Å². The predicted molar refractivity (Wildman–Crippen MR) is 104 cm³/mol. The van der Waals surface area contributed by atoms with E-state index in [4.69, 9.17) is 4.74 Å². The smallest absolute Gasteiger partial charge is 0.411 e. The fourth-order valence-electron chi connectivity index (χ4n) is 5.68. The van der Waals surface area contributed by atoms with Crippen molar-refractivity contribution in [1.29, 1.82) is 0 Å². The van der Waals surface area contributed by atoms with Crippen molar-refractivity contribution in [2.75, 3.05) is 11.9 Å². The lowest BCUT2D eigenvalue weighted by atomic mass is 9.79. The molecule has 3 fully saturated rings. The number of unbranched alkanes of at least 4 members (excludes halogenated alkanes) is 1. The zero-order chi connectivity index (χ0) is 18.8. The van der Waals surface area contributed by atoms with Crippen molar-refractivity contribution >= 4 is 11.8 Å². The molecule has 1 amide bonds. The van der Waals surface area contributed by atoms with E-state index in [1.54, 1.807) is 12.1 Å². The highest BCUT2D eigenvalue weighted by Gasteiger charge is 2.52. The Morgan fingerprint density at radius 2 is 2.07 bits per heavy atom. The van der Waals surface area contributed by atoms with Crippen LogP contribution in [0.1, 0.15) is 58.3 Å². The number of carbonyl (C=O) groups excluding carboxylic acids is 1. The molecule has 0 radical (unpaired) electrons. The van der Waals surface area contributed by atoms with E-state index in [0.717, 1.165) is 6.42 Å². The number of hydrogen-bond donors (Lipinski definition) is 1. The van der Waals surface area contributed by atoms with E-state index >= 15 is 0 Å².